The summed E-state index contributed by atoms with van der Waals surface area (Å²) in [6.07, 6.45) is 0. The molecule has 3 rings (SSSR count). The predicted octanol–water partition coefficient (Wildman–Crippen LogP) is 2.92. The number of amides is 1. The molecular weight excluding hydrogens is 428 g/mol. The number of hydrogen-bond acceptors (Lipinski definition) is 6. The topological polar surface area (TPSA) is 115 Å². The van der Waals surface area contributed by atoms with Crippen LogP contribution in [0.25, 0.3) is 10.2 Å². The van der Waals surface area contributed by atoms with Crippen LogP contribution in [0.4, 0.5) is 5.69 Å². The number of aromatic nitrogens is 1. The first kappa shape index (κ1) is 21.8. The van der Waals surface area contributed by atoms with Gasteiger partial charge in [-0.1, -0.05) is 11.3 Å². The van der Waals surface area contributed by atoms with Crippen molar-refractivity contribution in [1.82, 2.24) is 8.87 Å². The summed E-state index contributed by atoms with van der Waals surface area (Å²) in [5.41, 5.74) is 0.922. The largest absolute Gasteiger partial charge is 0.319 e. The zero-order chi connectivity index (χ0) is 22.2. The Bertz CT molecular complexity index is 1300. The Morgan fingerprint density at radius 3 is 2.40 bits per heavy atom. The summed E-state index contributed by atoms with van der Waals surface area (Å²) in [5.74, 6) is -0.534. The lowest BCUT2D eigenvalue weighted by Gasteiger charge is -2.20. The second kappa shape index (κ2) is 8.09. The Kier molecular flexibility index (Phi) is 5.88. The van der Waals surface area contributed by atoms with Crippen LogP contribution >= 0.6 is 11.3 Å². The lowest BCUT2D eigenvalue weighted by molar-refractivity contribution is -0.384. The molecule has 0 radical (unpaired) electrons. The molecule has 30 heavy (non-hydrogen) atoms. The summed E-state index contributed by atoms with van der Waals surface area (Å²) in [7, 11) is -0.424. The van der Waals surface area contributed by atoms with Gasteiger partial charge in [-0.15, -0.1) is 0 Å². The fourth-order valence-electron chi connectivity index (χ4n) is 2.71. The van der Waals surface area contributed by atoms with Gasteiger partial charge in [-0.25, -0.2) is 8.42 Å². The highest BCUT2D eigenvalue weighted by Crippen LogP contribution is 2.23. The molecule has 0 unspecified atom stereocenters. The van der Waals surface area contributed by atoms with Gasteiger partial charge in [0.25, 0.3) is 11.6 Å². The van der Waals surface area contributed by atoms with Crippen molar-refractivity contribution in [3.8, 4) is 0 Å². The molecule has 0 atom stereocenters. The van der Waals surface area contributed by atoms with E-state index in [0.29, 0.717) is 9.50 Å². The Morgan fingerprint density at radius 2 is 1.83 bits per heavy atom. The summed E-state index contributed by atoms with van der Waals surface area (Å²) in [6, 6.07) is 9.85. The van der Waals surface area contributed by atoms with Gasteiger partial charge in [0.15, 0.2) is 4.80 Å². The molecule has 9 nitrogen and oxygen atoms in total. The number of carbonyl (C=O) groups excluding carboxylic acids is 1. The molecule has 0 fully saturated rings. The number of aryl methyl sites for hydroxylation is 1. The lowest BCUT2D eigenvalue weighted by atomic mass is 10.2. The monoisotopic (exact) mass is 448 g/mol. The Morgan fingerprint density at radius 1 is 1.20 bits per heavy atom. The first-order valence-electron chi connectivity index (χ1n) is 8.93. The number of hydrogen-bond donors (Lipinski definition) is 0. The van der Waals surface area contributed by atoms with Crippen molar-refractivity contribution in [3.05, 3.63) is 62.9 Å². The van der Waals surface area contributed by atoms with Crippen LogP contribution in [0.5, 0.6) is 0 Å². The lowest BCUT2D eigenvalue weighted by Crippen LogP contribution is -2.33. The maximum Gasteiger partial charge on any atom is 0.279 e. The van der Waals surface area contributed by atoms with Crippen molar-refractivity contribution in [2.75, 3.05) is 7.05 Å². The van der Waals surface area contributed by atoms with E-state index in [9.17, 15) is 23.3 Å². The maximum atomic E-state index is 12.6. The molecule has 0 aliphatic carbocycles. The first-order valence-corrected chi connectivity index (χ1v) is 11.2. The molecule has 1 heterocycles. The fraction of sp³-hybridized carbons (Fsp3) is 0.263. The fourth-order valence-corrected chi connectivity index (χ4v) is 5.12. The zero-order valence-corrected chi connectivity index (χ0v) is 18.4. The standard InChI is InChI=1S/C19H20N4O5S2/c1-12(2)22(4)30(27,28)15-8-5-13(6-9-15)18(24)20-19-21(3)16-10-7-14(23(25)26)11-17(16)29-19/h5-12H,1-4H3. The second-order valence-corrected chi connectivity index (χ2v) is 9.92. The number of nitro groups is 1. The third-order valence-corrected chi connectivity index (χ3v) is 7.85. The van der Waals surface area contributed by atoms with Crippen molar-refractivity contribution in [2.45, 2.75) is 24.8 Å². The van der Waals surface area contributed by atoms with Gasteiger partial charge in [-0.3, -0.25) is 14.9 Å². The van der Waals surface area contributed by atoms with E-state index in [0.717, 1.165) is 16.9 Å². The second-order valence-electron chi connectivity index (χ2n) is 6.91. The minimum Gasteiger partial charge on any atom is -0.319 e. The third kappa shape index (κ3) is 4.04. The first-order chi connectivity index (χ1) is 14.0. The Labute approximate surface area is 177 Å². The van der Waals surface area contributed by atoms with E-state index in [1.54, 1.807) is 31.5 Å². The Hall–Kier alpha value is -2.89. The molecule has 1 aromatic heterocycles. The van der Waals surface area contributed by atoms with Crippen LogP contribution < -0.4 is 4.80 Å². The quantitative estimate of drug-likeness (QED) is 0.440. The number of fused-ring (bicyclic) bond motifs is 1. The van der Waals surface area contributed by atoms with Gasteiger partial charge in [0.05, 0.1) is 20.0 Å². The summed E-state index contributed by atoms with van der Waals surface area (Å²) in [4.78, 5) is 27.6. The van der Waals surface area contributed by atoms with Gasteiger partial charge in [0, 0.05) is 37.8 Å². The highest BCUT2D eigenvalue weighted by molar-refractivity contribution is 7.89. The molecule has 1 amide bonds. The van der Waals surface area contributed by atoms with Gasteiger partial charge in [0.2, 0.25) is 10.0 Å². The molecule has 158 valence electrons. The molecule has 2 aromatic carbocycles. The van der Waals surface area contributed by atoms with Crippen molar-refractivity contribution in [2.24, 2.45) is 12.0 Å². The summed E-state index contributed by atoms with van der Waals surface area (Å²) >= 11 is 1.16. The molecule has 0 N–H and O–H groups in total. The van der Waals surface area contributed by atoms with E-state index in [1.165, 1.54) is 47.8 Å². The zero-order valence-electron chi connectivity index (χ0n) is 16.8. The van der Waals surface area contributed by atoms with E-state index >= 15 is 0 Å². The van der Waals surface area contributed by atoms with Gasteiger partial charge >= 0.3 is 0 Å². The maximum absolute atomic E-state index is 12.6. The number of rotatable bonds is 5. The summed E-state index contributed by atoms with van der Waals surface area (Å²) in [5, 5.41) is 11.0. The SMILES string of the molecule is CC(C)N(C)S(=O)(=O)c1ccc(C(=O)N=c2sc3cc([N+](=O)[O-])ccc3n2C)cc1. The Balaban J connectivity index is 1.95. The van der Waals surface area contributed by atoms with Crippen molar-refractivity contribution in [1.29, 1.82) is 0 Å². The summed E-state index contributed by atoms with van der Waals surface area (Å²) in [6.45, 7) is 3.54. The number of non-ortho nitro benzene ring substituents is 1. The minimum atomic E-state index is -3.64. The molecule has 11 heteroatoms. The molecule has 3 aromatic rings. The van der Waals surface area contributed by atoms with Crippen molar-refractivity contribution in [3.63, 3.8) is 0 Å². The number of nitro benzene ring substituents is 1. The van der Waals surface area contributed by atoms with E-state index in [-0.39, 0.29) is 22.2 Å². The molecule has 0 spiro atoms. The van der Waals surface area contributed by atoms with Crippen molar-refractivity contribution >= 4 is 43.2 Å². The van der Waals surface area contributed by atoms with Gasteiger partial charge in [-0.05, 0) is 44.2 Å². The van der Waals surface area contributed by atoms with E-state index in [4.69, 9.17) is 0 Å². The average Bonchev–Trinajstić information content (AvgIpc) is 3.02. The minimum absolute atomic E-state index is 0.0367. The van der Waals surface area contributed by atoms with Crippen LogP contribution in [0.1, 0.15) is 24.2 Å². The number of benzene rings is 2. The average molecular weight is 449 g/mol. The number of sulfonamides is 1. The number of carbonyl (C=O) groups is 1. The molecule has 0 aliphatic heterocycles. The molecule has 0 saturated heterocycles. The molecular formula is C19H20N4O5S2. The van der Waals surface area contributed by atoms with Crippen LogP contribution in [0.2, 0.25) is 0 Å². The van der Waals surface area contributed by atoms with Crippen molar-refractivity contribution < 1.29 is 18.1 Å². The highest BCUT2D eigenvalue weighted by Gasteiger charge is 2.23. The smallest absolute Gasteiger partial charge is 0.279 e. The third-order valence-electron chi connectivity index (χ3n) is 4.71. The normalized spacial score (nSPS) is 12.8. The molecule has 0 bridgehead atoms. The molecule has 0 saturated carbocycles. The van der Waals surface area contributed by atoms with Crippen LogP contribution in [0.3, 0.4) is 0 Å². The highest BCUT2D eigenvalue weighted by atomic mass is 32.2. The van der Waals surface area contributed by atoms with Crippen LogP contribution in [-0.2, 0) is 17.1 Å². The van der Waals surface area contributed by atoms with Crippen LogP contribution in [0, 0.1) is 10.1 Å². The van der Waals surface area contributed by atoms with E-state index < -0.39 is 20.9 Å². The van der Waals surface area contributed by atoms with Crippen LogP contribution in [0.15, 0.2) is 52.4 Å². The predicted molar refractivity (Wildman–Crippen MR) is 114 cm³/mol. The molecule has 0 aliphatic rings. The van der Waals surface area contributed by atoms with E-state index in [1.807, 2.05) is 0 Å². The number of thiazole rings is 1. The van der Waals surface area contributed by atoms with E-state index in [2.05, 4.69) is 4.99 Å². The van der Waals surface area contributed by atoms with Gasteiger partial charge < -0.3 is 4.57 Å². The summed E-state index contributed by atoms with van der Waals surface area (Å²) < 4.78 is 28.6. The van der Waals surface area contributed by atoms with Crippen LogP contribution in [-0.4, -0.2) is 41.2 Å². The number of nitrogens with zero attached hydrogens (tertiary/aromatic N) is 4. The van der Waals surface area contributed by atoms with Gasteiger partial charge in [0.1, 0.15) is 0 Å². The van der Waals surface area contributed by atoms with Gasteiger partial charge in [-0.2, -0.15) is 9.30 Å².